The van der Waals surface area contributed by atoms with Crippen molar-refractivity contribution in [2.75, 3.05) is 6.61 Å². The van der Waals surface area contributed by atoms with Gasteiger partial charge in [-0.15, -0.1) is 11.3 Å². The second kappa shape index (κ2) is 9.18. The molecule has 27 heavy (non-hydrogen) atoms. The van der Waals surface area contributed by atoms with Crippen molar-refractivity contribution >= 4 is 23.2 Å². The van der Waals surface area contributed by atoms with Crippen LogP contribution in [0.2, 0.25) is 0 Å². The van der Waals surface area contributed by atoms with Crippen LogP contribution in [-0.2, 0) is 22.4 Å². The SMILES string of the molecule is CCC[C@@H](NC(=O)COC(=O)c1cc2c(s1)CC[C@@H](C)C2)c1ccccc1. The molecule has 0 bridgehead atoms. The van der Waals surface area contributed by atoms with Gasteiger partial charge in [-0.1, -0.05) is 50.6 Å². The molecule has 0 saturated carbocycles. The van der Waals surface area contributed by atoms with Gasteiger partial charge in [0.15, 0.2) is 6.61 Å². The van der Waals surface area contributed by atoms with Crippen molar-refractivity contribution in [1.29, 1.82) is 0 Å². The normalized spacial score (nSPS) is 17.0. The number of aryl methyl sites for hydroxylation is 1. The van der Waals surface area contributed by atoms with Gasteiger partial charge in [0, 0.05) is 4.88 Å². The smallest absolute Gasteiger partial charge is 0.348 e. The summed E-state index contributed by atoms with van der Waals surface area (Å²) >= 11 is 1.51. The summed E-state index contributed by atoms with van der Waals surface area (Å²) in [4.78, 5) is 26.5. The number of esters is 1. The number of amides is 1. The van der Waals surface area contributed by atoms with Gasteiger partial charge in [-0.3, -0.25) is 4.79 Å². The highest BCUT2D eigenvalue weighted by Gasteiger charge is 2.22. The molecule has 1 amide bonds. The van der Waals surface area contributed by atoms with Gasteiger partial charge in [-0.05, 0) is 48.8 Å². The molecule has 1 aliphatic carbocycles. The highest BCUT2D eigenvalue weighted by atomic mass is 32.1. The van der Waals surface area contributed by atoms with Crippen LogP contribution in [0.3, 0.4) is 0 Å². The van der Waals surface area contributed by atoms with Gasteiger partial charge in [-0.25, -0.2) is 4.79 Å². The lowest BCUT2D eigenvalue weighted by molar-refractivity contribution is -0.125. The van der Waals surface area contributed by atoms with Gasteiger partial charge in [-0.2, -0.15) is 0 Å². The molecule has 0 spiro atoms. The van der Waals surface area contributed by atoms with E-state index in [0.717, 1.165) is 31.2 Å². The molecule has 1 heterocycles. The Morgan fingerprint density at radius 3 is 2.81 bits per heavy atom. The van der Waals surface area contributed by atoms with E-state index in [1.165, 1.54) is 28.2 Å². The maximum Gasteiger partial charge on any atom is 0.348 e. The van der Waals surface area contributed by atoms with E-state index in [9.17, 15) is 9.59 Å². The van der Waals surface area contributed by atoms with Crippen LogP contribution in [0.15, 0.2) is 36.4 Å². The molecule has 0 saturated heterocycles. The molecular formula is C22H27NO3S. The van der Waals surface area contributed by atoms with Crippen molar-refractivity contribution in [3.63, 3.8) is 0 Å². The summed E-state index contributed by atoms with van der Waals surface area (Å²) in [5, 5.41) is 2.98. The highest BCUT2D eigenvalue weighted by molar-refractivity contribution is 7.14. The summed E-state index contributed by atoms with van der Waals surface area (Å²) in [6.45, 7) is 4.08. The van der Waals surface area contributed by atoms with E-state index in [1.54, 1.807) is 0 Å². The predicted molar refractivity (Wildman–Crippen MR) is 108 cm³/mol. The molecule has 0 fully saturated rings. The van der Waals surface area contributed by atoms with Gasteiger partial charge in [0.1, 0.15) is 4.88 Å². The van der Waals surface area contributed by atoms with Crippen LogP contribution < -0.4 is 5.32 Å². The Morgan fingerprint density at radius 1 is 1.30 bits per heavy atom. The number of hydrogen-bond acceptors (Lipinski definition) is 4. The fourth-order valence-corrected chi connectivity index (χ4v) is 4.64. The first-order valence-corrected chi connectivity index (χ1v) is 10.5. The fourth-order valence-electron chi connectivity index (χ4n) is 3.54. The monoisotopic (exact) mass is 385 g/mol. The van der Waals surface area contributed by atoms with E-state index >= 15 is 0 Å². The molecule has 0 radical (unpaired) electrons. The van der Waals surface area contributed by atoms with Crippen LogP contribution in [0.1, 0.15) is 64.8 Å². The average molecular weight is 386 g/mol. The minimum atomic E-state index is -0.399. The summed E-state index contributed by atoms with van der Waals surface area (Å²) in [6.07, 6.45) is 5.03. The number of carbonyl (C=O) groups is 2. The third-order valence-corrected chi connectivity index (χ3v) is 6.20. The third kappa shape index (κ3) is 5.19. The Morgan fingerprint density at radius 2 is 2.07 bits per heavy atom. The number of thiophene rings is 1. The van der Waals surface area contributed by atoms with Gasteiger partial charge in [0.25, 0.3) is 5.91 Å². The first-order chi connectivity index (χ1) is 13.1. The summed E-state index contributed by atoms with van der Waals surface area (Å²) < 4.78 is 5.27. The maximum atomic E-state index is 12.3. The van der Waals surface area contributed by atoms with Gasteiger partial charge < -0.3 is 10.1 Å². The number of rotatable bonds is 7. The van der Waals surface area contributed by atoms with Crippen LogP contribution in [0.5, 0.6) is 0 Å². The highest BCUT2D eigenvalue weighted by Crippen LogP contribution is 2.32. The molecule has 0 aliphatic heterocycles. The average Bonchev–Trinajstić information content (AvgIpc) is 3.09. The topological polar surface area (TPSA) is 55.4 Å². The summed E-state index contributed by atoms with van der Waals surface area (Å²) in [6, 6.07) is 11.8. The number of nitrogens with one attached hydrogen (secondary N) is 1. The first kappa shape index (κ1) is 19.6. The van der Waals surface area contributed by atoms with Crippen molar-refractivity contribution in [3.05, 3.63) is 57.3 Å². The van der Waals surface area contributed by atoms with Crippen LogP contribution in [0.25, 0.3) is 0 Å². The molecule has 2 aromatic rings. The summed E-state index contributed by atoms with van der Waals surface area (Å²) in [5.41, 5.74) is 2.33. The Hall–Kier alpha value is -2.14. The van der Waals surface area contributed by atoms with Crippen molar-refractivity contribution in [2.45, 2.75) is 52.0 Å². The Bertz CT molecular complexity index is 784. The van der Waals surface area contributed by atoms with Crippen LogP contribution >= 0.6 is 11.3 Å². The van der Waals surface area contributed by atoms with Crippen LogP contribution in [0.4, 0.5) is 0 Å². The summed E-state index contributed by atoms with van der Waals surface area (Å²) in [7, 11) is 0. The lowest BCUT2D eigenvalue weighted by Crippen LogP contribution is -2.32. The van der Waals surface area contributed by atoms with Gasteiger partial charge in [0.05, 0.1) is 6.04 Å². The van der Waals surface area contributed by atoms with E-state index in [0.29, 0.717) is 10.8 Å². The zero-order valence-electron chi connectivity index (χ0n) is 16.0. The third-order valence-electron chi connectivity index (χ3n) is 4.98. The van der Waals surface area contributed by atoms with Crippen LogP contribution in [-0.4, -0.2) is 18.5 Å². The molecular weight excluding hydrogens is 358 g/mol. The second-order valence-corrected chi connectivity index (χ2v) is 8.44. The molecule has 5 heteroatoms. The minimum absolute atomic E-state index is 0.0575. The fraction of sp³-hybridized carbons (Fsp3) is 0.455. The lowest BCUT2D eigenvalue weighted by atomic mass is 9.90. The molecule has 1 aromatic heterocycles. The number of ether oxygens (including phenoxy) is 1. The molecule has 2 atom stereocenters. The predicted octanol–water partition coefficient (Wildman–Crippen LogP) is 4.69. The number of benzene rings is 1. The molecule has 3 rings (SSSR count). The van der Waals surface area contributed by atoms with Crippen LogP contribution in [0, 0.1) is 5.92 Å². The van der Waals surface area contributed by atoms with Crippen molar-refractivity contribution in [1.82, 2.24) is 5.32 Å². The van der Waals surface area contributed by atoms with E-state index < -0.39 is 5.97 Å². The Labute approximate surface area is 164 Å². The molecule has 1 N–H and O–H groups in total. The van der Waals surface area contributed by atoms with Crippen molar-refractivity contribution in [2.24, 2.45) is 5.92 Å². The molecule has 1 aromatic carbocycles. The van der Waals surface area contributed by atoms with E-state index in [-0.39, 0.29) is 18.6 Å². The minimum Gasteiger partial charge on any atom is -0.451 e. The number of fused-ring (bicyclic) bond motifs is 1. The standard InChI is InChI=1S/C22H27NO3S/c1-3-7-18(16-8-5-4-6-9-16)23-21(24)14-26-22(25)20-13-17-12-15(2)10-11-19(17)27-20/h4-6,8-9,13,15,18H,3,7,10-12,14H2,1-2H3,(H,23,24)/t15-,18-/m1/s1. The first-order valence-electron chi connectivity index (χ1n) is 9.69. The van der Waals surface area contributed by atoms with Gasteiger partial charge >= 0.3 is 5.97 Å². The van der Waals surface area contributed by atoms with Gasteiger partial charge in [0.2, 0.25) is 0 Å². The quantitative estimate of drug-likeness (QED) is 0.704. The Kier molecular flexibility index (Phi) is 6.67. The second-order valence-electron chi connectivity index (χ2n) is 7.30. The van der Waals surface area contributed by atoms with E-state index in [2.05, 4.69) is 19.2 Å². The number of carbonyl (C=O) groups excluding carboxylic acids is 2. The van der Waals surface area contributed by atoms with Crippen molar-refractivity contribution in [3.8, 4) is 0 Å². The number of hydrogen-bond donors (Lipinski definition) is 1. The van der Waals surface area contributed by atoms with Crippen molar-refractivity contribution < 1.29 is 14.3 Å². The Balaban J connectivity index is 1.54. The lowest BCUT2D eigenvalue weighted by Gasteiger charge is -2.18. The molecule has 1 aliphatic rings. The van der Waals surface area contributed by atoms with E-state index in [1.807, 2.05) is 36.4 Å². The molecule has 0 unspecified atom stereocenters. The summed E-state index contributed by atoms with van der Waals surface area (Å²) in [5.74, 6) is -0.000200. The van der Waals surface area contributed by atoms with E-state index in [4.69, 9.17) is 4.74 Å². The largest absolute Gasteiger partial charge is 0.451 e. The maximum absolute atomic E-state index is 12.3. The zero-order valence-corrected chi connectivity index (χ0v) is 16.8. The molecule has 144 valence electrons. The molecule has 4 nitrogen and oxygen atoms in total. The zero-order chi connectivity index (χ0) is 19.2.